The molecule has 4 aromatic heterocycles. The number of aromatic nitrogens is 5. The van der Waals surface area contributed by atoms with Crippen molar-refractivity contribution in [3.05, 3.63) is 439 Å². The van der Waals surface area contributed by atoms with E-state index < -0.39 is 10.8 Å². The highest BCUT2D eigenvalue weighted by Gasteiger charge is 2.48. The Morgan fingerprint density at radius 3 is 0.850 bits per heavy atom. The van der Waals surface area contributed by atoms with Crippen LogP contribution >= 0.6 is 0 Å². The summed E-state index contributed by atoms with van der Waals surface area (Å²) < 4.78 is 7.24. The van der Waals surface area contributed by atoms with Gasteiger partial charge in [-0.05, 0) is 180 Å². The maximum Gasteiger partial charge on any atom is 0.235 e. The van der Waals surface area contributed by atoms with Gasteiger partial charge in [-0.1, -0.05) is 303 Å². The predicted octanol–water partition coefficient (Wildman–Crippen LogP) is 25.2. The molecule has 2 aliphatic carbocycles. The SMILES string of the molecule is c1ccc(-c2cc(-c3ccccc3)nc(-n3c4ccc(-c5ccc6c(c5)c5ccccc5n6-c5ccc6c(c5)C(c5ccccc5)(c5ccccc5)c5ccccc5-6)cc4c4cc(-c5ccc6c(c5)c5ccccc5n6-c5ccc6c(c5)C(c5ccccc5)(c5ccccc5)c5ccccc5-6)ccc43)n2)cc1. The summed E-state index contributed by atoms with van der Waals surface area (Å²) in [5.41, 5.74) is 31.3. The van der Waals surface area contributed by atoms with Gasteiger partial charge in [-0.3, -0.25) is 4.57 Å². The van der Waals surface area contributed by atoms with E-state index in [9.17, 15) is 0 Å². The van der Waals surface area contributed by atoms with Crippen molar-refractivity contribution in [2.24, 2.45) is 0 Å². The van der Waals surface area contributed by atoms with Crippen LogP contribution in [0.5, 0.6) is 0 Å². The highest BCUT2D eigenvalue weighted by Crippen LogP contribution is 2.59. The molecule has 5 nitrogen and oxygen atoms in total. The van der Waals surface area contributed by atoms with Crippen LogP contribution < -0.4 is 0 Å². The van der Waals surface area contributed by atoms with E-state index in [1.165, 1.54) is 88.3 Å². The van der Waals surface area contributed by atoms with Crippen LogP contribution in [0.4, 0.5) is 0 Å². The molecule has 22 rings (SSSR count). The minimum absolute atomic E-state index is 0.532. The molecule has 0 aliphatic heterocycles. The summed E-state index contributed by atoms with van der Waals surface area (Å²) in [6.45, 7) is 0. The number of para-hydroxylation sites is 2. The van der Waals surface area contributed by atoms with Crippen molar-refractivity contribution in [1.29, 1.82) is 0 Å². The van der Waals surface area contributed by atoms with Crippen LogP contribution in [-0.4, -0.2) is 23.7 Å². The van der Waals surface area contributed by atoms with Crippen LogP contribution in [0, 0.1) is 0 Å². The lowest BCUT2D eigenvalue weighted by Gasteiger charge is -2.34. The molecule has 0 saturated heterocycles. The molecule has 5 heteroatoms. The molecule has 107 heavy (non-hydrogen) atoms. The first-order chi connectivity index (χ1) is 53.1. The Morgan fingerprint density at radius 2 is 0.477 bits per heavy atom. The number of fused-ring (bicyclic) bond motifs is 15. The van der Waals surface area contributed by atoms with E-state index in [4.69, 9.17) is 9.97 Å². The number of hydrogen-bond acceptors (Lipinski definition) is 2. The quantitative estimate of drug-likeness (QED) is 0.129. The van der Waals surface area contributed by atoms with Crippen LogP contribution in [0.2, 0.25) is 0 Å². The Bertz CT molecular complexity index is 6480. The van der Waals surface area contributed by atoms with Gasteiger partial charge in [0.05, 0.1) is 55.3 Å². The zero-order valence-electron chi connectivity index (χ0n) is 58.3. The first-order valence-corrected chi connectivity index (χ1v) is 36.9. The normalized spacial score (nSPS) is 13.2. The van der Waals surface area contributed by atoms with Crippen molar-refractivity contribution in [2.75, 3.05) is 0 Å². The molecule has 20 aromatic rings. The fourth-order valence-corrected chi connectivity index (χ4v) is 18.7. The van der Waals surface area contributed by atoms with Crippen LogP contribution in [0.15, 0.2) is 394 Å². The molecule has 0 atom stereocenters. The standard InChI is InChI=1S/C102H65N5/c1-7-27-66(28-8-1)92-65-93(67-29-9-2-10-30-67)104-100(103-92)107-98-57-49-70(68-47-55-96-84(59-68)82-41-21-25-45-94(82)105(96)76-51-53-80-78-39-19-23-43-88(78)101(90(80)63-76,72-31-11-3-12-32-72)73-33-13-4-14-34-73)61-86(98)87-62-71(50-58-99(87)107)69-48-56-97-85(60-69)83-42-22-26-46-95(83)106(97)77-52-54-81-79-40-20-24-44-89(79)102(91(81)64-77,74-35-15-5-16-36-74)75-37-17-6-18-38-75/h1-65H. The third kappa shape index (κ3) is 8.98. The minimum atomic E-state index is -0.532. The molecule has 4 heterocycles. The highest BCUT2D eigenvalue weighted by atomic mass is 15.2. The highest BCUT2D eigenvalue weighted by molar-refractivity contribution is 6.15. The zero-order chi connectivity index (χ0) is 70.3. The Hall–Kier alpha value is -14.0. The molecule has 0 unspecified atom stereocenters. The van der Waals surface area contributed by atoms with E-state index in [1.807, 2.05) is 0 Å². The molecule has 2 aliphatic rings. The van der Waals surface area contributed by atoms with E-state index in [-0.39, 0.29) is 0 Å². The van der Waals surface area contributed by atoms with Crippen LogP contribution in [-0.2, 0) is 10.8 Å². The van der Waals surface area contributed by atoms with Crippen LogP contribution in [0.25, 0.3) is 150 Å². The molecule has 0 saturated carbocycles. The Morgan fingerprint density at radius 1 is 0.187 bits per heavy atom. The summed E-state index contributed by atoms with van der Waals surface area (Å²) in [7, 11) is 0. The molecule has 0 amide bonds. The van der Waals surface area contributed by atoms with Gasteiger partial charge in [-0.2, -0.15) is 0 Å². The predicted molar refractivity (Wildman–Crippen MR) is 441 cm³/mol. The van der Waals surface area contributed by atoms with Gasteiger partial charge in [0.1, 0.15) is 0 Å². The molecule has 0 N–H and O–H groups in total. The van der Waals surface area contributed by atoms with Crippen LogP contribution in [0.3, 0.4) is 0 Å². The molecule has 498 valence electrons. The lowest BCUT2D eigenvalue weighted by molar-refractivity contribution is 0.767. The van der Waals surface area contributed by atoms with Crippen molar-refractivity contribution in [1.82, 2.24) is 23.7 Å². The summed E-state index contributed by atoms with van der Waals surface area (Å²) in [5.74, 6) is 0.606. The lowest BCUT2D eigenvalue weighted by atomic mass is 9.67. The Kier molecular flexibility index (Phi) is 13.5. The molecular weight excluding hydrogens is 1300 g/mol. The lowest BCUT2D eigenvalue weighted by Crippen LogP contribution is -2.28. The van der Waals surface area contributed by atoms with Crippen molar-refractivity contribution in [3.8, 4) is 84.3 Å². The Balaban J connectivity index is 0.715. The van der Waals surface area contributed by atoms with E-state index in [1.54, 1.807) is 0 Å². The maximum absolute atomic E-state index is 5.50. The Labute approximate surface area is 619 Å². The summed E-state index contributed by atoms with van der Waals surface area (Å²) in [4.78, 5) is 11.0. The fraction of sp³-hybridized carbons (Fsp3) is 0.0196. The maximum atomic E-state index is 5.50. The van der Waals surface area contributed by atoms with Crippen LogP contribution in [0.1, 0.15) is 44.5 Å². The molecule has 0 radical (unpaired) electrons. The topological polar surface area (TPSA) is 40.6 Å². The number of rotatable bonds is 11. The third-order valence-electron chi connectivity index (χ3n) is 23.2. The molecular formula is C102H65N5. The number of benzene rings is 16. The van der Waals surface area contributed by atoms with Crippen molar-refractivity contribution in [2.45, 2.75) is 10.8 Å². The van der Waals surface area contributed by atoms with Crippen molar-refractivity contribution >= 4 is 65.4 Å². The molecule has 0 bridgehead atoms. The first kappa shape index (κ1) is 60.6. The molecule has 0 fully saturated rings. The summed E-state index contributed by atoms with van der Waals surface area (Å²) in [6.07, 6.45) is 0. The van der Waals surface area contributed by atoms with Gasteiger partial charge in [0.15, 0.2) is 0 Å². The van der Waals surface area contributed by atoms with E-state index in [0.717, 1.165) is 100 Å². The summed E-state index contributed by atoms with van der Waals surface area (Å²) in [5, 5.41) is 6.99. The second-order valence-electron chi connectivity index (χ2n) is 28.7. The molecule has 16 aromatic carbocycles. The first-order valence-electron chi connectivity index (χ1n) is 36.9. The monoisotopic (exact) mass is 1360 g/mol. The van der Waals surface area contributed by atoms with Crippen molar-refractivity contribution in [3.63, 3.8) is 0 Å². The third-order valence-corrected chi connectivity index (χ3v) is 23.2. The fourth-order valence-electron chi connectivity index (χ4n) is 18.7. The zero-order valence-corrected chi connectivity index (χ0v) is 58.3. The van der Waals surface area contributed by atoms with Gasteiger partial charge in [0.25, 0.3) is 0 Å². The van der Waals surface area contributed by atoms with Gasteiger partial charge in [0.2, 0.25) is 5.95 Å². The average Bonchev–Trinajstić information content (AvgIpc) is 1.49. The summed E-state index contributed by atoms with van der Waals surface area (Å²) in [6, 6.07) is 146. The van der Waals surface area contributed by atoms with Gasteiger partial charge in [0, 0.05) is 54.8 Å². The van der Waals surface area contributed by atoms with Gasteiger partial charge in [-0.15, -0.1) is 0 Å². The second-order valence-corrected chi connectivity index (χ2v) is 28.7. The average molecular weight is 1360 g/mol. The van der Waals surface area contributed by atoms with Gasteiger partial charge in [-0.25, -0.2) is 9.97 Å². The minimum Gasteiger partial charge on any atom is -0.309 e. The molecule has 0 spiro atoms. The van der Waals surface area contributed by atoms with Crippen molar-refractivity contribution < 1.29 is 0 Å². The van der Waals surface area contributed by atoms with E-state index in [2.05, 4.69) is 408 Å². The number of nitrogens with zero attached hydrogens (tertiary/aromatic N) is 5. The second kappa shape index (κ2) is 23.8. The summed E-state index contributed by atoms with van der Waals surface area (Å²) >= 11 is 0. The van der Waals surface area contributed by atoms with Gasteiger partial charge < -0.3 is 9.13 Å². The number of hydrogen-bond donors (Lipinski definition) is 0. The smallest absolute Gasteiger partial charge is 0.235 e. The largest absolute Gasteiger partial charge is 0.309 e. The van der Waals surface area contributed by atoms with E-state index in [0.29, 0.717) is 5.95 Å². The van der Waals surface area contributed by atoms with Gasteiger partial charge >= 0.3 is 0 Å². The van der Waals surface area contributed by atoms with E-state index >= 15 is 0 Å².